The average molecular weight is 701 g/mol. The van der Waals surface area contributed by atoms with Crippen molar-refractivity contribution in [3.63, 3.8) is 0 Å². The number of nitrogens with zero attached hydrogens (tertiary/aromatic N) is 1. The van der Waals surface area contributed by atoms with Crippen molar-refractivity contribution in [3.05, 3.63) is 54.1 Å². The summed E-state index contributed by atoms with van der Waals surface area (Å²) in [4.78, 5) is 60.8. The van der Waals surface area contributed by atoms with Gasteiger partial charge in [-0.1, -0.05) is 78.3 Å². The fourth-order valence-corrected chi connectivity index (χ4v) is 5.52. The minimum atomic E-state index is -1.49. The molecule has 2 rings (SSSR count). The lowest BCUT2D eigenvalue weighted by atomic mass is 9.83. The highest BCUT2D eigenvalue weighted by molar-refractivity contribution is 5.91. The molecular weight excluding hydrogens is 640 g/mol. The lowest BCUT2D eigenvalue weighted by molar-refractivity contribution is -0.137. The lowest BCUT2D eigenvalue weighted by Crippen LogP contribution is -2.59. The van der Waals surface area contributed by atoms with E-state index in [9.17, 15) is 29.4 Å². The van der Waals surface area contributed by atoms with Crippen LogP contribution in [-0.4, -0.2) is 86.5 Å². The van der Waals surface area contributed by atoms with Crippen molar-refractivity contribution in [2.45, 2.75) is 124 Å². The monoisotopic (exact) mass is 700 g/mol. The summed E-state index contributed by atoms with van der Waals surface area (Å²) in [5.74, 6) is -2.62. The van der Waals surface area contributed by atoms with Gasteiger partial charge in [0.05, 0.1) is 24.4 Å². The van der Waals surface area contributed by atoms with Gasteiger partial charge < -0.3 is 41.2 Å². The van der Waals surface area contributed by atoms with Gasteiger partial charge in [0.25, 0.3) is 0 Å². The molecule has 280 valence electrons. The fraction of sp³-hybridized carbons (Fsp3) is 0.649. The zero-order valence-electron chi connectivity index (χ0n) is 31.2. The van der Waals surface area contributed by atoms with Crippen LogP contribution in [0.25, 0.3) is 0 Å². The molecule has 0 unspecified atom stereocenters. The molecule has 50 heavy (non-hydrogen) atoms. The number of nitrogens with one attached hydrogen (secondary N) is 5. The number of hydrogen-bond acceptors (Lipinski definition) is 8. The highest BCUT2D eigenvalue weighted by Crippen LogP contribution is 2.23. The molecule has 13 nitrogen and oxygen atoms in total. The molecule has 0 aliphatic rings. The average Bonchev–Trinajstić information content (AvgIpc) is 3.54. The summed E-state index contributed by atoms with van der Waals surface area (Å²) in [5, 5.41) is 34.1. The van der Waals surface area contributed by atoms with Crippen molar-refractivity contribution in [2.24, 2.45) is 23.7 Å². The van der Waals surface area contributed by atoms with Crippen LogP contribution in [0.15, 0.2) is 42.9 Å². The Morgan fingerprint density at radius 1 is 0.860 bits per heavy atom. The van der Waals surface area contributed by atoms with Crippen LogP contribution in [0.4, 0.5) is 4.79 Å². The molecule has 0 spiro atoms. The van der Waals surface area contributed by atoms with Crippen LogP contribution in [0, 0.1) is 23.7 Å². The number of alkyl carbamates (subject to hydrolysis) is 1. The number of carbonyl (C=O) groups excluding carboxylic acids is 4. The maximum absolute atomic E-state index is 14.0. The molecule has 13 heteroatoms. The van der Waals surface area contributed by atoms with Crippen LogP contribution >= 0.6 is 0 Å². The maximum Gasteiger partial charge on any atom is 0.408 e. The Hall–Kier alpha value is -3.97. The first kappa shape index (κ1) is 42.2. The minimum Gasteiger partial charge on any atom is -0.444 e. The first-order valence-corrected chi connectivity index (χ1v) is 17.7. The molecule has 0 aliphatic carbocycles. The number of amides is 4. The summed E-state index contributed by atoms with van der Waals surface area (Å²) >= 11 is 0. The van der Waals surface area contributed by atoms with Crippen LogP contribution < -0.4 is 21.3 Å². The summed E-state index contributed by atoms with van der Waals surface area (Å²) in [6.45, 7) is 17.0. The lowest BCUT2D eigenvalue weighted by Gasteiger charge is -2.35. The SMILES string of the molecule is CC[C@H](C)CNC(=O)[C@H](C(C)C)[C@@H](O)[C@H](O)[C@H](CC(C)C)NC(=O)[C@H](Cc1cnc[nH]1)NC(=O)[C@H](Cc1ccccc1)NC(=O)OC(C)(C)C. The molecule has 4 amide bonds. The molecule has 0 saturated carbocycles. The quantitative estimate of drug-likeness (QED) is 0.116. The molecule has 1 aromatic carbocycles. The summed E-state index contributed by atoms with van der Waals surface area (Å²) in [5.41, 5.74) is 0.533. The van der Waals surface area contributed by atoms with Gasteiger partial charge in [-0.15, -0.1) is 0 Å². The molecule has 0 saturated heterocycles. The topological polar surface area (TPSA) is 195 Å². The number of H-pyrrole nitrogens is 1. The largest absolute Gasteiger partial charge is 0.444 e. The first-order valence-electron chi connectivity index (χ1n) is 17.7. The Labute approximate surface area is 297 Å². The molecule has 0 fully saturated rings. The molecular formula is C37H60N6O7. The van der Waals surface area contributed by atoms with Gasteiger partial charge in [0.2, 0.25) is 17.7 Å². The van der Waals surface area contributed by atoms with Gasteiger partial charge >= 0.3 is 6.09 Å². The third-order valence-corrected chi connectivity index (χ3v) is 8.43. The summed E-state index contributed by atoms with van der Waals surface area (Å²) < 4.78 is 5.41. The van der Waals surface area contributed by atoms with Crippen LogP contribution in [0.3, 0.4) is 0 Å². The molecule has 0 aliphatic heterocycles. The third-order valence-electron chi connectivity index (χ3n) is 8.43. The summed E-state index contributed by atoms with van der Waals surface area (Å²) in [6, 6.07) is 5.91. The Bertz CT molecular complexity index is 1330. The van der Waals surface area contributed by atoms with Crippen LogP contribution in [0.5, 0.6) is 0 Å². The zero-order valence-corrected chi connectivity index (χ0v) is 31.2. The highest BCUT2D eigenvalue weighted by atomic mass is 16.6. The smallest absolute Gasteiger partial charge is 0.408 e. The third kappa shape index (κ3) is 14.5. The Morgan fingerprint density at radius 2 is 1.48 bits per heavy atom. The van der Waals surface area contributed by atoms with Gasteiger partial charge in [-0.3, -0.25) is 14.4 Å². The van der Waals surface area contributed by atoms with Gasteiger partial charge in [-0.25, -0.2) is 9.78 Å². The predicted molar refractivity (Wildman–Crippen MR) is 192 cm³/mol. The van der Waals surface area contributed by atoms with Gasteiger partial charge in [0.15, 0.2) is 0 Å². The number of aromatic nitrogens is 2. The van der Waals surface area contributed by atoms with E-state index >= 15 is 0 Å². The zero-order chi connectivity index (χ0) is 37.6. The fourth-order valence-electron chi connectivity index (χ4n) is 5.52. The molecule has 0 radical (unpaired) electrons. The van der Waals surface area contributed by atoms with Crippen molar-refractivity contribution >= 4 is 23.8 Å². The van der Waals surface area contributed by atoms with E-state index in [0.717, 1.165) is 12.0 Å². The van der Waals surface area contributed by atoms with Gasteiger partial charge in [0, 0.05) is 31.3 Å². The van der Waals surface area contributed by atoms with Crippen molar-refractivity contribution in [3.8, 4) is 0 Å². The molecule has 2 aromatic rings. The van der Waals surface area contributed by atoms with Crippen LogP contribution in [-0.2, 0) is 32.0 Å². The predicted octanol–water partition coefficient (Wildman–Crippen LogP) is 3.26. The van der Waals surface area contributed by atoms with Crippen LogP contribution in [0.1, 0.15) is 86.4 Å². The first-order chi connectivity index (χ1) is 23.4. The summed E-state index contributed by atoms with van der Waals surface area (Å²) in [6.07, 6.45) is 0.520. The normalized spacial score (nSPS) is 16.0. The number of benzene rings is 1. The molecule has 0 bridgehead atoms. The van der Waals surface area contributed by atoms with Gasteiger partial charge in [0.1, 0.15) is 23.8 Å². The molecule has 1 heterocycles. The second-order valence-electron chi connectivity index (χ2n) is 15.0. The Kier molecular flexibility index (Phi) is 16.9. The second-order valence-corrected chi connectivity index (χ2v) is 15.0. The van der Waals surface area contributed by atoms with Crippen molar-refractivity contribution in [1.29, 1.82) is 0 Å². The van der Waals surface area contributed by atoms with E-state index in [-0.39, 0.29) is 42.9 Å². The van der Waals surface area contributed by atoms with E-state index in [1.54, 1.807) is 34.6 Å². The number of carbonyl (C=O) groups is 4. The minimum absolute atomic E-state index is 0.00666. The Morgan fingerprint density at radius 3 is 2.02 bits per heavy atom. The van der Waals surface area contributed by atoms with Gasteiger partial charge in [-0.05, 0) is 50.5 Å². The van der Waals surface area contributed by atoms with Crippen LogP contribution in [0.2, 0.25) is 0 Å². The number of aliphatic hydroxyl groups is 2. The highest BCUT2D eigenvalue weighted by Gasteiger charge is 2.39. The number of aliphatic hydroxyl groups excluding tert-OH is 2. The van der Waals surface area contributed by atoms with Gasteiger partial charge in [-0.2, -0.15) is 0 Å². The van der Waals surface area contributed by atoms with Crippen molar-refractivity contribution in [2.75, 3.05) is 6.54 Å². The summed E-state index contributed by atoms with van der Waals surface area (Å²) in [7, 11) is 0. The number of rotatable bonds is 19. The number of hydrogen-bond donors (Lipinski definition) is 7. The maximum atomic E-state index is 14.0. The van der Waals surface area contributed by atoms with E-state index in [0.29, 0.717) is 12.2 Å². The Balaban J connectivity index is 2.36. The van der Waals surface area contributed by atoms with E-state index in [1.807, 2.05) is 58.0 Å². The number of imidazole rings is 1. The van der Waals surface area contributed by atoms with Crippen molar-refractivity contribution in [1.82, 2.24) is 31.2 Å². The van der Waals surface area contributed by atoms with E-state index in [2.05, 4.69) is 31.2 Å². The van der Waals surface area contributed by atoms with E-state index in [4.69, 9.17) is 4.74 Å². The number of aromatic amines is 1. The van der Waals surface area contributed by atoms with Crippen molar-refractivity contribution < 1.29 is 34.1 Å². The van der Waals surface area contributed by atoms with E-state index < -0.39 is 59.8 Å². The second kappa shape index (κ2) is 20.0. The molecule has 7 atom stereocenters. The van der Waals surface area contributed by atoms with E-state index in [1.165, 1.54) is 12.5 Å². The molecule has 7 N–H and O–H groups in total. The standard InChI is InChI=1S/C37H60N6O7/c1-10-24(6)19-39-35(48)30(23(4)5)32(45)31(44)27(16-22(2)3)41-34(47)29(18-26-20-38-21-40-26)42-33(46)28(17-25-14-12-11-13-15-25)43-36(49)50-37(7,8)9/h11-15,20-24,27-32,44-45H,10,16-19H2,1-9H3,(H,38,40)(H,39,48)(H,41,47)(H,42,46)(H,43,49)/t24-,27-,28-,29-,30+,31+,32+/m0/s1. The number of ether oxygens (including phenoxy) is 1. The molecule has 1 aromatic heterocycles.